The van der Waals surface area contributed by atoms with Crippen LogP contribution in [0.3, 0.4) is 0 Å². The molecule has 2 N–H and O–H groups in total. The van der Waals surface area contributed by atoms with Crippen LogP contribution in [0.5, 0.6) is 0 Å². The lowest BCUT2D eigenvalue weighted by molar-refractivity contribution is -0.155. The summed E-state index contributed by atoms with van der Waals surface area (Å²) in [6, 6.07) is 21.3. The van der Waals surface area contributed by atoms with E-state index in [0.29, 0.717) is 18.5 Å². The molecule has 2 unspecified atom stereocenters. The number of anilines is 1. The summed E-state index contributed by atoms with van der Waals surface area (Å²) in [4.78, 5) is 43.5. The smallest absolute Gasteiger partial charge is 0.311 e. The van der Waals surface area contributed by atoms with Crippen molar-refractivity contribution >= 4 is 46.0 Å². The summed E-state index contributed by atoms with van der Waals surface area (Å²) in [5.41, 5.74) is 1.38. The van der Waals surface area contributed by atoms with Gasteiger partial charge in [-0.15, -0.1) is 11.8 Å². The van der Waals surface area contributed by atoms with E-state index in [1.165, 1.54) is 0 Å². The lowest BCUT2D eigenvalue weighted by atomic mass is 9.66. The van der Waals surface area contributed by atoms with Gasteiger partial charge in [-0.2, -0.15) is 0 Å². The first kappa shape index (κ1) is 25.9. The number of likely N-dealkylation sites (tertiary alicyclic amines) is 1. The van der Waals surface area contributed by atoms with E-state index in [1.54, 1.807) is 23.6 Å². The minimum atomic E-state index is -0.870. The third kappa shape index (κ3) is 3.95. The highest BCUT2D eigenvalue weighted by molar-refractivity contribution is 8.02. The van der Waals surface area contributed by atoms with Gasteiger partial charge < -0.3 is 20.1 Å². The molecular formula is C31H32N2O5S. The topological polar surface area (TPSA) is 95.9 Å². The summed E-state index contributed by atoms with van der Waals surface area (Å²) in [6.45, 7) is 3.66. The van der Waals surface area contributed by atoms with Crippen LogP contribution < -0.4 is 5.32 Å². The molecule has 0 radical (unpaired) electrons. The van der Waals surface area contributed by atoms with Gasteiger partial charge in [-0.1, -0.05) is 60.7 Å². The SMILES string of the molecule is CCOC(=O)[C@H]1[C@H]2C(=O)N([C@H](CO)c3ccccc3)C(C(=O)Nc3ccc4ccccc4c3)C23CC[C@]1(C)S3. The molecule has 202 valence electrons. The van der Waals surface area contributed by atoms with Crippen LogP contribution in [0.4, 0.5) is 5.69 Å². The van der Waals surface area contributed by atoms with E-state index in [2.05, 4.69) is 5.32 Å². The van der Waals surface area contributed by atoms with Crippen molar-refractivity contribution in [3.05, 3.63) is 78.4 Å². The molecule has 3 aromatic rings. The Kier molecular flexibility index (Phi) is 6.43. The van der Waals surface area contributed by atoms with Gasteiger partial charge in [0.15, 0.2) is 0 Å². The molecule has 6 atom stereocenters. The fraction of sp³-hybridized carbons (Fsp3) is 0.387. The molecule has 1 spiro atoms. The van der Waals surface area contributed by atoms with Crippen LogP contribution in [0.15, 0.2) is 72.8 Å². The average molecular weight is 545 g/mol. The predicted molar refractivity (Wildman–Crippen MR) is 151 cm³/mol. The number of carbonyl (C=O) groups excluding carboxylic acids is 3. The lowest BCUT2D eigenvalue weighted by Crippen LogP contribution is -2.52. The highest BCUT2D eigenvalue weighted by Crippen LogP contribution is 2.72. The maximum absolute atomic E-state index is 14.4. The molecule has 3 aliphatic heterocycles. The first-order valence-electron chi connectivity index (χ1n) is 13.5. The Morgan fingerprint density at radius 2 is 1.79 bits per heavy atom. The molecular weight excluding hydrogens is 512 g/mol. The number of fused-ring (bicyclic) bond motifs is 2. The molecule has 0 aliphatic carbocycles. The molecule has 3 aliphatic rings. The van der Waals surface area contributed by atoms with Crippen molar-refractivity contribution in [1.29, 1.82) is 0 Å². The second kappa shape index (κ2) is 9.68. The molecule has 6 rings (SSSR count). The van der Waals surface area contributed by atoms with Gasteiger partial charge in [0.25, 0.3) is 0 Å². The number of carbonyl (C=O) groups is 3. The quantitative estimate of drug-likeness (QED) is 0.424. The summed E-state index contributed by atoms with van der Waals surface area (Å²) >= 11 is 1.59. The number of thioether (sulfide) groups is 1. The Labute approximate surface area is 231 Å². The average Bonchev–Trinajstić information content (AvgIpc) is 3.51. The zero-order valence-corrected chi connectivity index (χ0v) is 22.8. The first-order valence-corrected chi connectivity index (χ1v) is 14.3. The molecule has 3 aromatic carbocycles. The minimum absolute atomic E-state index is 0.225. The van der Waals surface area contributed by atoms with Gasteiger partial charge in [0.1, 0.15) is 6.04 Å². The molecule has 2 bridgehead atoms. The van der Waals surface area contributed by atoms with Crippen LogP contribution >= 0.6 is 11.8 Å². The number of ether oxygens (including phenoxy) is 1. The number of hydrogen-bond donors (Lipinski definition) is 2. The Bertz CT molecular complexity index is 1450. The molecule has 3 fully saturated rings. The van der Waals surface area contributed by atoms with E-state index in [0.717, 1.165) is 16.3 Å². The van der Waals surface area contributed by atoms with Crippen molar-refractivity contribution in [2.75, 3.05) is 18.5 Å². The second-order valence-corrected chi connectivity index (χ2v) is 12.8. The summed E-state index contributed by atoms with van der Waals surface area (Å²) < 4.78 is 4.17. The van der Waals surface area contributed by atoms with Gasteiger partial charge in [0.05, 0.1) is 35.8 Å². The Morgan fingerprint density at radius 1 is 1.08 bits per heavy atom. The third-order valence-electron chi connectivity index (χ3n) is 8.71. The number of amides is 2. The molecule has 0 aromatic heterocycles. The number of aliphatic hydroxyl groups excluding tert-OH is 1. The van der Waals surface area contributed by atoms with E-state index >= 15 is 0 Å². The lowest BCUT2D eigenvalue weighted by Gasteiger charge is -2.37. The van der Waals surface area contributed by atoms with Crippen LogP contribution in [-0.2, 0) is 19.1 Å². The van der Waals surface area contributed by atoms with E-state index in [-0.39, 0.29) is 31.0 Å². The van der Waals surface area contributed by atoms with Gasteiger partial charge in [0.2, 0.25) is 11.8 Å². The van der Waals surface area contributed by atoms with Crippen molar-refractivity contribution in [3.8, 4) is 0 Å². The van der Waals surface area contributed by atoms with Crippen LogP contribution in [0.2, 0.25) is 0 Å². The standard InChI is InChI=1S/C31H32N2O5S/c1-3-38-29(37)25-24-28(36)33(23(18-34)20-10-5-4-6-11-20)26(31(24)16-15-30(25,2)39-31)27(35)32-22-14-13-19-9-7-8-12-21(19)17-22/h4-14,17,23-26,34H,3,15-16,18H2,1-2H3,(H,32,35)/t23-,24+,25-,26?,30+,31?/m1/s1. The Morgan fingerprint density at radius 3 is 2.51 bits per heavy atom. The maximum atomic E-state index is 14.4. The maximum Gasteiger partial charge on any atom is 0.311 e. The van der Waals surface area contributed by atoms with E-state index in [4.69, 9.17) is 4.74 Å². The van der Waals surface area contributed by atoms with Gasteiger partial charge >= 0.3 is 5.97 Å². The van der Waals surface area contributed by atoms with Crippen LogP contribution in [-0.4, -0.2) is 56.5 Å². The highest BCUT2D eigenvalue weighted by atomic mass is 32.2. The zero-order valence-electron chi connectivity index (χ0n) is 22.0. The van der Waals surface area contributed by atoms with Gasteiger partial charge in [-0.05, 0) is 55.2 Å². The number of hydrogen-bond acceptors (Lipinski definition) is 6. The number of esters is 1. The molecule has 3 saturated heterocycles. The van der Waals surface area contributed by atoms with E-state index < -0.39 is 33.4 Å². The fourth-order valence-electron chi connectivity index (χ4n) is 7.10. The number of nitrogens with one attached hydrogen (secondary N) is 1. The van der Waals surface area contributed by atoms with Crippen molar-refractivity contribution in [3.63, 3.8) is 0 Å². The van der Waals surface area contributed by atoms with Crippen molar-refractivity contribution in [2.24, 2.45) is 11.8 Å². The number of benzene rings is 3. The van der Waals surface area contributed by atoms with Crippen molar-refractivity contribution in [1.82, 2.24) is 4.90 Å². The monoisotopic (exact) mass is 544 g/mol. The highest BCUT2D eigenvalue weighted by Gasteiger charge is 2.78. The van der Waals surface area contributed by atoms with Gasteiger partial charge in [-0.3, -0.25) is 14.4 Å². The largest absolute Gasteiger partial charge is 0.466 e. The number of aliphatic hydroxyl groups is 1. The predicted octanol–water partition coefficient (Wildman–Crippen LogP) is 4.56. The van der Waals surface area contributed by atoms with Crippen LogP contribution in [0.1, 0.15) is 38.3 Å². The zero-order chi connectivity index (χ0) is 27.4. The van der Waals surface area contributed by atoms with E-state index in [9.17, 15) is 19.5 Å². The summed E-state index contributed by atoms with van der Waals surface area (Å²) in [5.74, 6) is -2.32. The molecule has 3 heterocycles. The van der Waals surface area contributed by atoms with Crippen LogP contribution in [0.25, 0.3) is 10.8 Å². The Hall–Kier alpha value is -3.36. The molecule has 39 heavy (non-hydrogen) atoms. The number of nitrogens with zero attached hydrogens (tertiary/aromatic N) is 1. The van der Waals surface area contributed by atoms with Gasteiger partial charge in [-0.25, -0.2) is 0 Å². The summed E-state index contributed by atoms with van der Waals surface area (Å²) in [7, 11) is 0. The third-order valence-corrected chi connectivity index (χ3v) is 10.7. The van der Waals surface area contributed by atoms with Gasteiger partial charge in [0, 0.05) is 10.4 Å². The molecule has 7 nitrogen and oxygen atoms in total. The van der Waals surface area contributed by atoms with Crippen molar-refractivity contribution in [2.45, 2.75) is 48.3 Å². The fourth-order valence-corrected chi connectivity index (χ4v) is 9.43. The minimum Gasteiger partial charge on any atom is -0.466 e. The first-order chi connectivity index (χ1) is 18.8. The van der Waals surface area contributed by atoms with E-state index in [1.807, 2.05) is 79.7 Å². The van der Waals surface area contributed by atoms with Crippen molar-refractivity contribution < 1.29 is 24.2 Å². The molecule has 8 heteroatoms. The number of rotatable bonds is 7. The summed E-state index contributed by atoms with van der Waals surface area (Å²) in [5, 5.41) is 15.7. The normalized spacial score (nSPS) is 29.9. The molecule has 0 saturated carbocycles. The summed E-state index contributed by atoms with van der Waals surface area (Å²) in [6.07, 6.45) is 1.33. The second-order valence-electron chi connectivity index (χ2n) is 10.9. The molecule has 2 amide bonds. The van der Waals surface area contributed by atoms with Crippen LogP contribution in [0, 0.1) is 11.8 Å². The Balaban J connectivity index is 1.44.